The van der Waals surface area contributed by atoms with E-state index < -0.39 is 11.5 Å². The molecular formula is C16H22O4. The van der Waals surface area contributed by atoms with Crippen LogP contribution in [0.5, 0.6) is 11.5 Å². The highest BCUT2D eigenvalue weighted by atomic mass is 16.3. The van der Waals surface area contributed by atoms with Crippen molar-refractivity contribution < 1.29 is 19.8 Å². The van der Waals surface area contributed by atoms with Crippen LogP contribution >= 0.6 is 0 Å². The van der Waals surface area contributed by atoms with Gasteiger partial charge in [-0.2, -0.15) is 0 Å². The standard InChI is InChI=1S/C16H22O4/c1-3-5-7-11-12(8-6-4-2)14(10-18)16(20)15(19)13(11)9-17/h9-10,19-20H,3-8H2,1-2H3. The second-order valence-corrected chi connectivity index (χ2v) is 4.92. The Bertz CT molecular complexity index is 447. The summed E-state index contributed by atoms with van der Waals surface area (Å²) in [5, 5.41) is 19.8. The lowest BCUT2D eigenvalue weighted by atomic mass is 9.89. The van der Waals surface area contributed by atoms with Gasteiger partial charge in [0.25, 0.3) is 0 Å². The van der Waals surface area contributed by atoms with E-state index in [1.54, 1.807) is 0 Å². The first-order valence-electron chi connectivity index (χ1n) is 7.12. The molecule has 0 atom stereocenters. The molecule has 0 radical (unpaired) electrons. The van der Waals surface area contributed by atoms with Crippen molar-refractivity contribution in [1.82, 2.24) is 0 Å². The molecule has 4 heteroatoms. The van der Waals surface area contributed by atoms with Crippen LogP contribution in [0.25, 0.3) is 0 Å². The van der Waals surface area contributed by atoms with E-state index in [-0.39, 0.29) is 11.1 Å². The van der Waals surface area contributed by atoms with Crippen molar-refractivity contribution in [3.63, 3.8) is 0 Å². The topological polar surface area (TPSA) is 74.6 Å². The summed E-state index contributed by atoms with van der Waals surface area (Å²) in [5.41, 5.74) is 1.64. The summed E-state index contributed by atoms with van der Waals surface area (Å²) in [5.74, 6) is -0.957. The number of benzene rings is 1. The molecule has 4 nitrogen and oxygen atoms in total. The molecular weight excluding hydrogens is 256 g/mol. The highest BCUT2D eigenvalue weighted by molar-refractivity contribution is 5.92. The first-order valence-corrected chi connectivity index (χ1v) is 7.12. The maximum absolute atomic E-state index is 11.2. The average Bonchev–Trinajstić information content (AvgIpc) is 2.46. The second-order valence-electron chi connectivity index (χ2n) is 4.92. The minimum Gasteiger partial charge on any atom is -0.504 e. The van der Waals surface area contributed by atoms with E-state index >= 15 is 0 Å². The van der Waals surface area contributed by atoms with E-state index in [4.69, 9.17) is 0 Å². The van der Waals surface area contributed by atoms with Crippen LogP contribution in [0.15, 0.2) is 0 Å². The van der Waals surface area contributed by atoms with Crippen molar-refractivity contribution in [2.45, 2.75) is 52.4 Å². The summed E-state index contributed by atoms with van der Waals surface area (Å²) in [7, 11) is 0. The molecule has 0 amide bonds. The fourth-order valence-corrected chi connectivity index (χ4v) is 2.40. The molecule has 20 heavy (non-hydrogen) atoms. The van der Waals surface area contributed by atoms with Gasteiger partial charge in [-0.15, -0.1) is 0 Å². The predicted molar refractivity (Wildman–Crippen MR) is 77.8 cm³/mol. The summed E-state index contributed by atoms with van der Waals surface area (Å²) in [6.45, 7) is 4.07. The molecule has 0 unspecified atom stereocenters. The van der Waals surface area contributed by atoms with E-state index in [0.29, 0.717) is 36.5 Å². The van der Waals surface area contributed by atoms with Gasteiger partial charge in [0.15, 0.2) is 24.1 Å². The lowest BCUT2D eigenvalue weighted by Gasteiger charge is -2.17. The van der Waals surface area contributed by atoms with Gasteiger partial charge in [-0.1, -0.05) is 26.7 Å². The third kappa shape index (κ3) is 3.18. The maximum atomic E-state index is 11.2. The van der Waals surface area contributed by atoms with Crippen LogP contribution in [0.1, 0.15) is 71.4 Å². The van der Waals surface area contributed by atoms with Crippen molar-refractivity contribution in [3.05, 3.63) is 22.3 Å². The van der Waals surface area contributed by atoms with Crippen LogP contribution < -0.4 is 0 Å². The van der Waals surface area contributed by atoms with Gasteiger partial charge in [0, 0.05) is 0 Å². The van der Waals surface area contributed by atoms with Crippen molar-refractivity contribution in [1.29, 1.82) is 0 Å². The van der Waals surface area contributed by atoms with Crippen LogP contribution in [-0.2, 0) is 12.8 Å². The number of phenols is 2. The molecule has 0 saturated carbocycles. The highest BCUT2D eigenvalue weighted by Gasteiger charge is 2.22. The minimum atomic E-state index is -0.478. The Hall–Kier alpha value is -1.84. The van der Waals surface area contributed by atoms with Crippen molar-refractivity contribution >= 4 is 12.6 Å². The highest BCUT2D eigenvalue weighted by Crippen LogP contribution is 2.38. The Morgan fingerprint density at radius 3 is 1.40 bits per heavy atom. The smallest absolute Gasteiger partial charge is 0.169 e. The van der Waals surface area contributed by atoms with Crippen LogP contribution in [0, 0.1) is 0 Å². The number of aromatic hydroxyl groups is 2. The molecule has 1 aromatic carbocycles. The molecule has 2 N–H and O–H groups in total. The van der Waals surface area contributed by atoms with Gasteiger partial charge >= 0.3 is 0 Å². The molecule has 0 heterocycles. The molecule has 0 aliphatic heterocycles. The van der Waals surface area contributed by atoms with Crippen LogP contribution in [0.4, 0.5) is 0 Å². The molecule has 0 aliphatic carbocycles. The lowest BCUT2D eigenvalue weighted by molar-refractivity contribution is 0.110. The van der Waals surface area contributed by atoms with E-state index in [2.05, 4.69) is 0 Å². The van der Waals surface area contributed by atoms with E-state index in [1.807, 2.05) is 13.8 Å². The third-order valence-electron chi connectivity index (χ3n) is 3.55. The zero-order valence-corrected chi connectivity index (χ0v) is 12.1. The summed E-state index contributed by atoms with van der Waals surface area (Å²) >= 11 is 0. The zero-order chi connectivity index (χ0) is 15.1. The zero-order valence-electron chi connectivity index (χ0n) is 12.1. The number of carbonyl (C=O) groups excluding carboxylic acids is 2. The molecule has 0 fully saturated rings. The Kier molecular flexibility index (Phi) is 6.22. The number of unbranched alkanes of at least 4 members (excludes halogenated alkanes) is 2. The Morgan fingerprint density at radius 1 is 0.800 bits per heavy atom. The van der Waals surface area contributed by atoms with Crippen LogP contribution in [0.3, 0.4) is 0 Å². The molecule has 0 aliphatic rings. The van der Waals surface area contributed by atoms with Crippen molar-refractivity contribution in [2.75, 3.05) is 0 Å². The Balaban J connectivity index is 3.49. The molecule has 110 valence electrons. The Morgan fingerprint density at radius 2 is 1.15 bits per heavy atom. The maximum Gasteiger partial charge on any atom is 0.169 e. The number of hydrogen-bond donors (Lipinski definition) is 2. The SMILES string of the molecule is CCCCc1c(C=O)c(O)c(O)c(C=O)c1CCCC. The molecule has 1 aromatic rings. The summed E-state index contributed by atoms with van der Waals surface area (Å²) in [6.07, 6.45) is 5.99. The van der Waals surface area contributed by atoms with E-state index in [0.717, 1.165) is 25.7 Å². The van der Waals surface area contributed by atoms with Crippen molar-refractivity contribution in [2.24, 2.45) is 0 Å². The van der Waals surface area contributed by atoms with Crippen LogP contribution in [-0.4, -0.2) is 22.8 Å². The summed E-state index contributed by atoms with van der Waals surface area (Å²) in [4.78, 5) is 22.5. The normalized spacial score (nSPS) is 10.5. The predicted octanol–water partition coefficient (Wildman–Crippen LogP) is 3.41. The van der Waals surface area contributed by atoms with Gasteiger partial charge in [0.2, 0.25) is 0 Å². The minimum absolute atomic E-state index is 0.118. The van der Waals surface area contributed by atoms with Crippen LogP contribution in [0.2, 0.25) is 0 Å². The fraction of sp³-hybridized carbons (Fsp3) is 0.500. The van der Waals surface area contributed by atoms with Gasteiger partial charge in [0.1, 0.15) is 0 Å². The first kappa shape index (κ1) is 16.2. The number of aldehydes is 2. The number of rotatable bonds is 8. The Labute approximate surface area is 119 Å². The molecule has 1 rings (SSSR count). The average molecular weight is 278 g/mol. The number of carbonyl (C=O) groups is 2. The van der Waals surface area contributed by atoms with Gasteiger partial charge in [-0.25, -0.2) is 0 Å². The second kappa shape index (κ2) is 7.68. The van der Waals surface area contributed by atoms with Gasteiger partial charge in [0.05, 0.1) is 11.1 Å². The monoisotopic (exact) mass is 278 g/mol. The molecule has 0 aromatic heterocycles. The summed E-state index contributed by atoms with van der Waals surface area (Å²) in [6, 6.07) is 0. The molecule has 0 spiro atoms. The van der Waals surface area contributed by atoms with E-state index in [1.165, 1.54) is 0 Å². The number of hydrogen-bond acceptors (Lipinski definition) is 4. The fourth-order valence-electron chi connectivity index (χ4n) is 2.40. The van der Waals surface area contributed by atoms with Gasteiger partial charge in [-0.3, -0.25) is 9.59 Å². The van der Waals surface area contributed by atoms with Crippen molar-refractivity contribution in [3.8, 4) is 11.5 Å². The summed E-state index contributed by atoms with van der Waals surface area (Å²) < 4.78 is 0. The van der Waals surface area contributed by atoms with Gasteiger partial charge in [-0.05, 0) is 36.8 Å². The largest absolute Gasteiger partial charge is 0.504 e. The first-order chi connectivity index (χ1) is 9.62. The lowest BCUT2D eigenvalue weighted by Crippen LogP contribution is -2.06. The molecule has 0 bridgehead atoms. The van der Waals surface area contributed by atoms with Gasteiger partial charge < -0.3 is 10.2 Å². The molecule has 0 saturated heterocycles. The number of phenolic OH excluding ortho intramolecular Hbond substituents is 2. The third-order valence-corrected chi connectivity index (χ3v) is 3.55. The van der Waals surface area contributed by atoms with E-state index in [9.17, 15) is 19.8 Å². The quantitative estimate of drug-likeness (QED) is 0.564.